The molecule has 1 aliphatic heterocycles. The summed E-state index contributed by atoms with van der Waals surface area (Å²) in [6.07, 6.45) is 9.19. The van der Waals surface area contributed by atoms with Crippen LogP contribution < -0.4 is 0 Å². The summed E-state index contributed by atoms with van der Waals surface area (Å²) in [6.45, 7) is 2.56. The minimum Gasteiger partial charge on any atom is -0.463 e. The fourth-order valence-corrected chi connectivity index (χ4v) is 1.44. The van der Waals surface area contributed by atoms with Crippen LogP contribution >= 0.6 is 0 Å². The molecule has 1 atom stereocenters. The number of rotatable bonds is 2. The second-order valence-electron chi connectivity index (χ2n) is 3.88. The third-order valence-corrected chi connectivity index (χ3v) is 2.37. The second-order valence-corrected chi connectivity index (χ2v) is 3.88. The van der Waals surface area contributed by atoms with Gasteiger partial charge in [0, 0.05) is 6.92 Å². The summed E-state index contributed by atoms with van der Waals surface area (Å²) >= 11 is 0. The van der Waals surface area contributed by atoms with Gasteiger partial charge in [-0.25, -0.2) is 0 Å². The highest BCUT2D eigenvalue weighted by Crippen LogP contribution is 2.15. The van der Waals surface area contributed by atoms with Crippen LogP contribution in [0.25, 0.3) is 0 Å². The lowest BCUT2D eigenvalue weighted by molar-refractivity contribution is -0.141. The normalized spacial score (nSPS) is 24.5. The number of esters is 1. The van der Waals surface area contributed by atoms with Crippen molar-refractivity contribution in [2.24, 2.45) is 0 Å². The highest BCUT2D eigenvalue weighted by Gasteiger charge is 2.23. The van der Waals surface area contributed by atoms with Crippen molar-refractivity contribution in [3.05, 3.63) is 0 Å². The molecule has 1 saturated heterocycles. The Morgan fingerprint density at radius 2 is 1.64 bits per heavy atom. The number of hydrogen-bond donors (Lipinski definition) is 0. The van der Waals surface area contributed by atoms with Crippen molar-refractivity contribution in [2.45, 2.75) is 51.6 Å². The van der Waals surface area contributed by atoms with Gasteiger partial charge in [-0.1, -0.05) is 38.5 Å². The molecule has 0 radical (unpaired) electrons. The van der Waals surface area contributed by atoms with Gasteiger partial charge >= 0.3 is 5.97 Å². The average Bonchev–Trinajstić information content (AvgIpc) is 3.02. The van der Waals surface area contributed by atoms with E-state index in [2.05, 4.69) is 4.74 Å². The number of ether oxygens (including phenoxy) is 2. The van der Waals surface area contributed by atoms with Gasteiger partial charge in [-0.15, -0.1) is 0 Å². The van der Waals surface area contributed by atoms with E-state index in [0.29, 0.717) is 6.61 Å². The molecule has 1 unspecified atom stereocenters. The Kier molecular flexibility index (Phi) is 5.60. The van der Waals surface area contributed by atoms with Crippen LogP contribution in [0, 0.1) is 0 Å². The maximum Gasteiger partial charge on any atom is 0.302 e. The van der Waals surface area contributed by atoms with Crippen LogP contribution in [0.1, 0.15) is 45.4 Å². The molecule has 2 fully saturated rings. The molecule has 0 bridgehead atoms. The fourth-order valence-electron chi connectivity index (χ4n) is 1.44. The molecule has 0 spiro atoms. The molecule has 14 heavy (non-hydrogen) atoms. The maximum atomic E-state index is 10.1. The molecule has 1 heterocycles. The summed E-state index contributed by atoms with van der Waals surface area (Å²) in [5.74, 6) is -0.236. The van der Waals surface area contributed by atoms with E-state index in [4.69, 9.17) is 4.74 Å². The summed E-state index contributed by atoms with van der Waals surface area (Å²) in [7, 11) is 0. The minimum atomic E-state index is -0.236. The van der Waals surface area contributed by atoms with Gasteiger partial charge in [0.15, 0.2) is 0 Å². The van der Waals surface area contributed by atoms with Crippen molar-refractivity contribution in [1.82, 2.24) is 0 Å². The van der Waals surface area contributed by atoms with Gasteiger partial charge in [0.2, 0.25) is 0 Å². The number of carbonyl (C=O) groups is 1. The minimum absolute atomic E-state index is 0.193. The predicted molar refractivity (Wildman–Crippen MR) is 54.1 cm³/mol. The first kappa shape index (κ1) is 11.5. The van der Waals surface area contributed by atoms with Gasteiger partial charge in [0.25, 0.3) is 0 Å². The van der Waals surface area contributed by atoms with E-state index in [-0.39, 0.29) is 12.1 Å². The molecular formula is C11H20O3. The van der Waals surface area contributed by atoms with Crippen LogP contribution in [-0.4, -0.2) is 25.3 Å². The van der Waals surface area contributed by atoms with Gasteiger partial charge in [0.05, 0.1) is 6.61 Å². The fraction of sp³-hybridized carbons (Fsp3) is 0.909. The van der Waals surface area contributed by atoms with E-state index >= 15 is 0 Å². The van der Waals surface area contributed by atoms with Gasteiger partial charge in [0.1, 0.15) is 12.7 Å². The quantitative estimate of drug-likeness (QED) is 0.507. The van der Waals surface area contributed by atoms with E-state index in [1.807, 2.05) is 0 Å². The summed E-state index contributed by atoms with van der Waals surface area (Å²) in [4.78, 5) is 10.1. The molecule has 3 nitrogen and oxygen atoms in total. The van der Waals surface area contributed by atoms with E-state index < -0.39 is 0 Å². The lowest BCUT2D eigenvalue weighted by Gasteiger charge is -2.05. The molecule has 1 aliphatic carbocycles. The Balaban J connectivity index is 0.000000146. The second kappa shape index (κ2) is 6.82. The molecule has 3 heteroatoms. The summed E-state index contributed by atoms with van der Waals surface area (Å²) < 4.78 is 9.38. The van der Waals surface area contributed by atoms with Gasteiger partial charge in [-0.3, -0.25) is 4.79 Å². The Morgan fingerprint density at radius 1 is 1.21 bits per heavy atom. The van der Waals surface area contributed by atoms with Crippen molar-refractivity contribution >= 4 is 5.97 Å². The zero-order valence-electron chi connectivity index (χ0n) is 8.96. The third kappa shape index (κ3) is 6.89. The molecule has 0 aromatic heterocycles. The largest absolute Gasteiger partial charge is 0.463 e. The summed E-state index contributed by atoms with van der Waals surface area (Å²) in [5, 5.41) is 0. The topological polar surface area (TPSA) is 38.8 Å². The van der Waals surface area contributed by atoms with Crippen LogP contribution in [0.2, 0.25) is 0 Å². The van der Waals surface area contributed by atoms with Crippen LogP contribution in [0.4, 0.5) is 0 Å². The molecule has 1 saturated carbocycles. The van der Waals surface area contributed by atoms with Crippen LogP contribution in [-0.2, 0) is 14.3 Å². The van der Waals surface area contributed by atoms with E-state index in [1.165, 1.54) is 45.4 Å². The lowest BCUT2D eigenvalue weighted by Crippen LogP contribution is -2.05. The predicted octanol–water partition coefficient (Wildman–Crippen LogP) is 2.29. The molecule has 2 rings (SSSR count). The Hall–Kier alpha value is -0.570. The zero-order chi connectivity index (χ0) is 10.2. The summed E-state index contributed by atoms with van der Waals surface area (Å²) in [5.41, 5.74) is 0. The smallest absolute Gasteiger partial charge is 0.302 e. The van der Waals surface area contributed by atoms with Crippen LogP contribution in [0.3, 0.4) is 0 Å². The first-order valence-electron chi connectivity index (χ1n) is 5.54. The molecule has 82 valence electrons. The number of carbonyl (C=O) groups excluding carboxylic acids is 1. The van der Waals surface area contributed by atoms with Gasteiger partial charge < -0.3 is 9.47 Å². The first-order valence-corrected chi connectivity index (χ1v) is 5.54. The van der Waals surface area contributed by atoms with E-state index in [0.717, 1.165) is 6.61 Å². The standard InChI is InChI=1S/C6H12.C5H8O3/c1-2-4-6-5-3-1;1-4(6)7-2-5-3-8-5/h1-6H2;5H,2-3H2,1H3. The maximum absolute atomic E-state index is 10.1. The van der Waals surface area contributed by atoms with E-state index in [9.17, 15) is 4.79 Å². The SMILES string of the molecule is C1CCCCC1.CC(=O)OCC1CO1. The zero-order valence-corrected chi connectivity index (χ0v) is 8.96. The lowest BCUT2D eigenvalue weighted by atomic mass is 10.0. The summed E-state index contributed by atoms with van der Waals surface area (Å²) in [6, 6.07) is 0. The molecular weight excluding hydrogens is 180 g/mol. The molecule has 2 aliphatic rings. The van der Waals surface area contributed by atoms with Crippen molar-refractivity contribution in [1.29, 1.82) is 0 Å². The number of hydrogen-bond acceptors (Lipinski definition) is 3. The van der Waals surface area contributed by atoms with Crippen LogP contribution in [0.15, 0.2) is 0 Å². The Labute approximate surface area is 85.8 Å². The molecule has 0 aromatic carbocycles. The van der Waals surface area contributed by atoms with Crippen LogP contribution in [0.5, 0.6) is 0 Å². The Morgan fingerprint density at radius 3 is 1.93 bits per heavy atom. The van der Waals surface area contributed by atoms with Crippen molar-refractivity contribution in [2.75, 3.05) is 13.2 Å². The third-order valence-electron chi connectivity index (χ3n) is 2.37. The van der Waals surface area contributed by atoms with Crippen molar-refractivity contribution < 1.29 is 14.3 Å². The number of epoxide rings is 1. The highest BCUT2D eigenvalue weighted by atomic mass is 16.6. The van der Waals surface area contributed by atoms with Crippen molar-refractivity contribution in [3.63, 3.8) is 0 Å². The average molecular weight is 200 g/mol. The van der Waals surface area contributed by atoms with Crippen molar-refractivity contribution in [3.8, 4) is 0 Å². The van der Waals surface area contributed by atoms with E-state index in [1.54, 1.807) is 0 Å². The highest BCUT2D eigenvalue weighted by molar-refractivity contribution is 5.65. The van der Waals surface area contributed by atoms with Gasteiger partial charge in [-0.2, -0.15) is 0 Å². The monoisotopic (exact) mass is 200 g/mol. The van der Waals surface area contributed by atoms with Gasteiger partial charge in [-0.05, 0) is 0 Å². The molecule has 0 aromatic rings. The molecule has 0 amide bonds. The Bertz CT molecular complexity index is 148. The molecule has 0 N–H and O–H groups in total. The first-order chi connectivity index (χ1) is 6.79.